The SMILES string of the molecule is CCCCCCCCCCCCCC=C[C@@H](O)[C@H](CO)NC(=O)CBr. The first-order valence-corrected chi connectivity index (χ1v) is 11.1. The lowest BCUT2D eigenvalue weighted by molar-refractivity contribution is -0.120. The fourth-order valence-electron chi connectivity index (χ4n) is 2.78. The molecule has 1 amide bonds. The van der Waals surface area contributed by atoms with Crippen LogP contribution in [0.15, 0.2) is 12.2 Å². The first-order chi connectivity index (χ1) is 12.2. The number of amides is 1. The number of halogens is 1. The van der Waals surface area contributed by atoms with Gasteiger partial charge in [-0.15, -0.1) is 0 Å². The molecule has 0 heterocycles. The fraction of sp³-hybridized carbons (Fsp3) is 0.850. The average Bonchev–Trinajstić information content (AvgIpc) is 2.63. The summed E-state index contributed by atoms with van der Waals surface area (Å²) in [5, 5.41) is 21.9. The molecule has 0 bridgehead atoms. The van der Waals surface area contributed by atoms with Crippen molar-refractivity contribution in [1.29, 1.82) is 0 Å². The third-order valence-corrected chi connectivity index (χ3v) is 4.89. The highest BCUT2D eigenvalue weighted by Gasteiger charge is 2.17. The predicted octanol–water partition coefficient (Wildman–Crippen LogP) is 4.48. The Labute approximate surface area is 162 Å². The monoisotopic (exact) mass is 419 g/mol. The van der Waals surface area contributed by atoms with E-state index >= 15 is 0 Å². The fourth-order valence-corrected chi connectivity index (χ4v) is 2.94. The van der Waals surface area contributed by atoms with Crippen LogP contribution in [0.3, 0.4) is 0 Å². The van der Waals surface area contributed by atoms with E-state index in [1.165, 1.54) is 64.2 Å². The molecule has 0 aliphatic rings. The minimum absolute atomic E-state index is 0.165. The van der Waals surface area contributed by atoms with Gasteiger partial charge in [-0.05, 0) is 12.8 Å². The number of hydrogen-bond acceptors (Lipinski definition) is 3. The van der Waals surface area contributed by atoms with Gasteiger partial charge >= 0.3 is 0 Å². The van der Waals surface area contributed by atoms with Crippen LogP contribution in [-0.2, 0) is 4.79 Å². The Bertz CT molecular complexity index is 337. The maximum absolute atomic E-state index is 11.3. The van der Waals surface area contributed by atoms with Crippen molar-refractivity contribution < 1.29 is 15.0 Å². The van der Waals surface area contributed by atoms with E-state index in [1.54, 1.807) is 6.08 Å². The lowest BCUT2D eigenvalue weighted by Crippen LogP contribution is -2.45. The van der Waals surface area contributed by atoms with E-state index in [0.29, 0.717) is 0 Å². The summed E-state index contributed by atoms with van der Waals surface area (Å²) < 4.78 is 0. The van der Waals surface area contributed by atoms with Crippen LogP contribution in [0.1, 0.15) is 84.0 Å². The average molecular weight is 420 g/mol. The van der Waals surface area contributed by atoms with Gasteiger partial charge in [0, 0.05) is 0 Å². The van der Waals surface area contributed by atoms with Crippen molar-refractivity contribution in [2.75, 3.05) is 11.9 Å². The summed E-state index contributed by atoms with van der Waals surface area (Å²) in [6.07, 6.45) is 18.3. The van der Waals surface area contributed by atoms with Gasteiger partial charge in [-0.2, -0.15) is 0 Å². The van der Waals surface area contributed by atoms with E-state index in [2.05, 4.69) is 28.2 Å². The van der Waals surface area contributed by atoms with Crippen molar-refractivity contribution in [2.45, 2.75) is 96.1 Å². The summed E-state index contributed by atoms with van der Waals surface area (Å²) in [6, 6.07) is -0.640. The minimum atomic E-state index is -0.847. The third kappa shape index (κ3) is 15.6. The molecule has 4 nitrogen and oxygen atoms in total. The summed E-state index contributed by atoms with van der Waals surface area (Å²) in [4.78, 5) is 11.3. The topological polar surface area (TPSA) is 69.6 Å². The maximum Gasteiger partial charge on any atom is 0.231 e. The van der Waals surface area contributed by atoms with Crippen LogP contribution in [0.25, 0.3) is 0 Å². The predicted molar refractivity (Wildman–Crippen MR) is 109 cm³/mol. The van der Waals surface area contributed by atoms with Crippen molar-refractivity contribution in [2.24, 2.45) is 0 Å². The smallest absolute Gasteiger partial charge is 0.231 e. The molecule has 0 spiro atoms. The standard InChI is InChI=1S/C20H38BrNO3/c1-2-3-4-5-6-7-8-9-10-11-12-13-14-15-19(24)18(17-23)22-20(25)16-21/h14-15,18-19,23-24H,2-13,16-17H2,1H3,(H,22,25)/t18-,19+/m0/s1. The van der Waals surface area contributed by atoms with Crippen LogP contribution in [0.2, 0.25) is 0 Å². The molecule has 0 aromatic carbocycles. The third-order valence-electron chi connectivity index (χ3n) is 4.38. The number of unbranched alkanes of at least 4 members (excludes halogenated alkanes) is 11. The number of hydrogen-bond donors (Lipinski definition) is 3. The highest BCUT2D eigenvalue weighted by Crippen LogP contribution is 2.12. The zero-order chi connectivity index (χ0) is 18.8. The number of nitrogens with one attached hydrogen (secondary N) is 1. The van der Waals surface area contributed by atoms with E-state index < -0.39 is 12.1 Å². The molecule has 0 unspecified atom stereocenters. The van der Waals surface area contributed by atoms with Gasteiger partial charge in [0.05, 0.1) is 24.1 Å². The molecule has 148 valence electrons. The summed E-state index contributed by atoms with van der Waals surface area (Å²) >= 11 is 3.05. The largest absolute Gasteiger partial charge is 0.394 e. The van der Waals surface area contributed by atoms with Crippen LogP contribution < -0.4 is 5.32 Å². The van der Waals surface area contributed by atoms with Crippen molar-refractivity contribution in [3.8, 4) is 0 Å². The number of rotatable bonds is 17. The molecule has 0 fully saturated rings. The number of aliphatic hydroxyl groups is 2. The molecule has 0 aromatic rings. The highest BCUT2D eigenvalue weighted by atomic mass is 79.9. The Kier molecular flexibility index (Phi) is 18.1. The van der Waals surface area contributed by atoms with Gasteiger partial charge in [0.2, 0.25) is 5.91 Å². The first-order valence-electron chi connectivity index (χ1n) is 9.96. The van der Waals surface area contributed by atoms with E-state index in [0.717, 1.165) is 12.8 Å². The number of allylic oxidation sites excluding steroid dienone is 1. The Morgan fingerprint density at radius 2 is 1.52 bits per heavy atom. The minimum Gasteiger partial charge on any atom is -0.394 e. The number of carbonyl (C=O) groups excluding carboxylic acids is 1. The Morgan fingerprint density at radius 1 is 1.00 bits per heavy atom. The van der Waals surface area contributed by atoms with Crippen LogP contribution in [0.4, 0.5) is 0 Å². The quantitative estimate of drug-likeness (QED) is 0.185. The molecule has 5 heteroatoms. The van der Waals surface area contributed by atoms with Crippen LogP contribution in [0, 0.1) is 0 Å². The normalized spacial score (nSPS) is 13.9. The highest BCUT2D eigenvalue weighted by molar-refractivity contribution is 9.09. The van der Waals surface area contributed by atoms with Gasteiger partial charge in [0.1, 0.15) is 0 Å². The van der Waals surface area contributed by atoms with E-state index in [4.69, 9.17) is 0 Å². The summed E-state index contributed by atoms with van der Waals surface area (Å²) in [5.74, 6) is -0.239. The van der Waals surface area contributed by atoms with Crippen LogP contribution >= 0.6 is 15.9 Å². The van der Waals surface area contributed by atoms with Crippen molar-refractivity contribution in [3.63, 3.8) is 0 Å². The molecule has 2 atom stereocenters. The summed E-state index contributed by atoms with van der Waals surface area (Å²) in [6.45, 7) is 1.98. The summed E-state index contributed by atoms with van der Waals surface area (Å²) in [5.41, 5.74) is 0. The molecule has 0 rings (SSSR count). The van der Waals surface area contributed by atoms with Gasteiger partial charge in [0.15, 0.2) is 0 Å². The Hall–Kier alpha value is -0.390. The van der Waals surface area contributed by atoms with Crippen molar-refractivity contribution in [1.82, 2.24) is 5.32 Å². The molecule has 3 N–H and O–H groups in total. The Balaban J connectivity index is 3.54. The molecular formula is C20H38BrNO3. The lowest BCUT2D eigenvalue weighted by atomic mass is 10.0. The second kappa shape index (κ2) is 18.4. The van der Waals surface area contributed by atoms with Gasteiger partial charge in [-0.1, -0.05) is 99.2 Å². The molecule has 0 aliphatic heterocycles. The molecule has 0 radical (unpaired) electrons. The van der Waals surface area contributed by atoms with E-state index in [1.807, 2.05) is 6.08 Å². The Morgan fingerprint density at radius 3 is 2.00 bits per heavy atom. The number of carbonyl (C=O) groups is 1. The van der Waals surface area contributed by atoms with Crippen molar-refractivity contribution >= 4 is 21.8 Å². The van der Waals surface area contributed by atoms with Gasteiger partial charge in [-0.25, -0.2) is 0 Å². The zero-order valence-corrected chi connectivity index (χ0v) is 17.5. The molecule has 0 aliphatic carbocycles. The molecule has 0 aromatic heterocycles. The van der Waals surface area contributed by atoms with E-state index in [-0.39, 0.29) is 17.8 Å². The zero-order valence-electron chi connectivity index (χ0n) is 15.9. The molecule has 0 saturated carbocycles. The number of aliphatic hydroxyl groups excluding tert-OH is 2. The molecule has 0 saturated heterocycles. The van der Waals surface area contributed by atoms with Crippen molar-refractivity contribution in [3.05, 3.63) is 12.2 Å². The van der Waals surface area contributed by atoms with E-state index in [9.17, 15) is 15.0 Å². The maximum atomic E-state index is 11.3. The van der Waals surface area contributed by atoms with Gasteiger partial charge in [-0.3, -0.25) is 4.79 Å². The second-order valence-corrected chi connectivity index (χ2v) is 7.29. The summed E-state index contributed by atoms with van der Waals surface area (Å²) in [7, 11) is 0. The number of alkyl halides is 1. The van der Waals surface area contributed by atoms with Crippen LogP contribution in [-0.4, -0.2) is 40.2 Å². The first kappa shape index (κ1) is 24.6. The van der Waals surface area contributed by atoms with Gasteiger partial charge in [0.25, 0.3) is 0 Å². The van der Waals surface area contributed by atoms with Gasteiger partial charge < -0.3 is 15.5 Å². The lowest BCUT2D eigenvalue weighted by Gasteiger charge is -2.19. The van der Waals surface area contributed by atoms with Crippen LogP contribution in [0.5, 0.6) is 0 Å². The molecular weight excluding hydrogens is 382 g/mol. The second-order valence-electron chi connectivity index (χ2n) is 6.73. The molecule has 25 heavy (non-hydrogen) atoms.